The molecule has 32 heavy (non-hydrogen) atoms. The van der Waals surface area contributed by atoms with Crippen LogP contribution in [-0.2, 0) is 6.54 Å². The zero-order valence-electron chi connectivity index (χ0n) is 16.8. The predicted molar refractivity (Wildman–Crippen MR) is 125 cm³/mol. The van der Waals surface area contributed by atoms with Gasteiger partial charge in [0.25, 0.3) is 5.56 Å². The molecule has 5 aromatic rings. The first-order valence-electron chi connectivity index (χ1n) is 9.96. The van der Waals surface area contributed by atoms with Gasteiger partial charge in [-0.25, -0.2) is 9.37 Å². The van der Waals surface area contributed by atoms with Gasteiger partial charge in [0, 0.05) is 16.5 Å². The smallest absolute Gasteiger partial charge is 0.263 e. The standard InChI is InChI=1S/C26H16FN3OS/c27-21-11-9-19(10-12-21)22-16-32-25-23(22)26(31)30(15-18-6-4-5-17(13-18)14-28)24(29-25)20-7-2-1-3-8-20/h1-13,16H,15H2. The maximum Gasteiger partial charge on any atom is 0.263 e. The van der Waals surface area contributed by atoms with Gasteiger partial charge in [-0.2, -0.15) is 5.26 Å². The van der Waals surface area contributed by atoms with Gasteiger partial charge in [-0.1, -0.05) is 54.6 Å². The summed E-state index contributed by atoms with van der Waals surface area (Å²) in [6, 6.07) is 25.0. The van der Waals surface area contributed by atoms with E-state index in [0.717, 1.165) is 22.3 Å². The summed E-state index contributed by atoms with van der Waals surface area (Å²) in [5.41, 5.74) is 3.54. The summed E-state index contributed by atoms with van der Waals surface area (Å²) in [6.45, 7) is 0.278. The molecular formula is C26H16FN3OS. The van der Waals surface area contributed by atoms with Crippen molar-refractivity contribution in [2.75, 3.05) is 0 Å². The van der Waals surface area contributed by atoms with Crippen LogP contribution in [0.4, 0.5) is 4.39 Å². The van der Waals surface area contributed by atoms with E-state index >= 15 is 0 Å². The minimum Gasteiger partial charge on any atom is -0.288 e. The first-order valence-corrected chi connectivity index (χ1v) is 10.8. The SMILES string of the molecule is N#Cc1cccc(Cn2c(-c3ccccc3)nc3scc(-c4ccc(F)cc4)c3c2=O)c1. The summed E-state index contributed by atoms with van der Waals surface area (Å²) in [5, 5.41) is 11.7. The van der Waals surface area contributed by atoms with E-state index in [4.69, 9.17) is 4.98 Å². The van der Waals surface area contributed by atoms with E-state index in [1.807, 2.05) is 47.8 Å². The molecule has 0 atom stereocenters. The fourth-order valence-electron chi connectivity index (χ4n) is 3.74. The topological polar surface area (TPSA) is 58.7 Å². The van der Waals surface area contributed by atoms with Gasteiger partial charge < -0.3 is 0 Å². The van der Waals surface area contributed by atoms with Crippen molar-refractivity contribution in [2.45, 2.75) is 6.54 Å². The van der Waals surface area contributed by atoms with E-state index in [1.54, 1.807) is 28.8 Å². The first-order chi connectivity index (χ1) is 15.6. The Bertz CT molecular complexity index is 1530. The molecule has 0 unspecified atom stereocenters. The van der Waals surface area contributed by atoms with Crippen LogP contribution in [0.15, 0.2) is 89.0 Å². The number of aromatic nitrogens is 2. The van der Waals surface area contributed by atoms with E-state index in [9.17, 15) is 14.4 Å². The van der Waals surface area contributed by atoms with Crippen molar-refractivity contribution in [3.63, 3.8) is 0 Å². The van der Waals surface area contributed by atoms with Crippen LogP contribution in [-0.4, -0.2) is 9.55 Å². The zero-order chi connectivity index (χ0) is 22.1. The fraction of sp³-hybridized carbons (Fsp3) is 0.0385. The molecule has 0 aliphatic carbocycles. The van der Waals surface area contributed by atoms with Crippen LogP contribution in [0.25, 0.3) is 32.7 Å². The molecule has 0 bridgehead atoms. The van der Waals surface area contributed by atoms with Crippen molar-refractivity contribution < 1.29 is 4.39 Å². The van der Waals surface area contributed by atoms with Crippen molar-refractivity contribution in [1.82, 2.24) is 9.55 Å². The van der Waals surface area contributed by atoms with Crippen molar-refractivity contribution in [1.29, 1.82) is 5.26 Å². The molecule has 4 nitrogen and oxygen atoms in total. The van der Waals surface area contributed by atoms with Crippen LogP contribution in [0.5, 0.6) is 0 Å². The predicted octanol–water partition coefficient (Wildman–Crippen LogP) is 5.85. The number of nitrogens with zero attached hydrogens (tertiary/aromatic N) is 3. The Labute approximate surface area is 187 Å². The van der Waals surface area contributed by atoms with Crippen LogP contribution in [0.1, 0.15) is 11.1 Å². The number of hydrogen-bond donors (Lipinski definition) is 0. The van der Waals surface area contributed by atoms with E-state index in [1.165, 1.54) is 23.5 Å². The van der Waals surface area contributed by atoms with Gasteiger partial charge in [-0.15, -0.1) is 11.3 Å². The molecule has 0 aliphatic rings. The van der Waals surface area contributed by atoms with Crippen LogP contribution in [0.3, 0.4) is 0 Å². The second-order valence-corrected chi connectivity index (χ2v) is 8.20. The highest BCUT2D eigenvalue weighted by Crippen LogP contribution is 2.32. The molecule has 0 saturated heterocycles. The lowest BCUT2D eigenvalue weighted by Gasteiger charge is -2.13. The number of rotatable bonds is 4. The Balaban J connectivity index is 1.75. The molecular weight excluding hydrogens is 421 g/mol. The average Bonchev–Trinajstić information content (AvgIpc) is 3.26. The molecule has 0 spiro atoms. The highest BCUT2D eigenvalue weighted by atomic mass is 32.1. The molecule has 6 heteroatoms. The number of thiophene rings is 1. The summed E-state index contributed by atoms with van der Waals surface area (Å²) in [6.07, 6.45) is 0. The monoisotopic (exact) mass is 437 g/mol. The summed E-state index contributed by atoms with van der Waals surface area (Å²) in [7, 11) is 0. The number of hydrogen-bond acceptors (Lipinski definition) is 4. The summed E-state index contributed by atoms with van der Waals surface area (Å²) >= 11 is 1.40. The molecule has 0 N–H and O–H groups in total. The molecule has 0 aliphatic heterocycles. The van der Waals surface area contributed by atoms with Crippen LogP contribution in [0.2, 0.25) is 0 Å². The molecule has 0 radical (unpaired) electrons. The van der Waals surface area contributed by atoms with Gasteiger partial charge in [0.05, 0.1) is 23.6 Å². The lowest BCUT2D eigenvalue weighted by molar-refractivity contribution is 0.628. The van der Waals surface area contributed by atoms with Crippen LogP contribution >= 0.6 is 11.3 Å². The van der Waals surface area contributed by atoms with Gasteiger partial charge in [0.1, 0.15) is 16.5 Å². The molecule has 0 saturated carbocycles. The molecule has 0 amide bonds. The maximum atomic E-state index is 13.8. The molecule has 2 aromatic heterocycles. The normalized spacial score (nSPS) is 10.9. The minimum absolute atomic E-state index is 0.170. The van der Waals surface area contributed by atoms with E-state index in [2.05, 4.69) is 6.07 Å². The molecule has 154 valence electrons. The van der Waals surface area contributed by atoms with Crippen molar-refractivity contribution in [3.8, 4) is 28.6 Å². The third-order valence-corrected chi connectivity index (χ3v) is 6.15. The Hall–Kier alpha value is -4.08. The third-order valence-electron chi connectivity index (χ3n) is 5.28. The lowest BCUT2D eigenvalue weighted by Crippen LogP contribution is -2.24. The summed E-state index contributed by atoms with van der Waals surface area (Å²) in [4.78, 5) is 19.3. The van der Waals surface area contributed by atoms with E-state index in [0.29, 0.717) is 21.6 Å². The second kappa shape index (κ2) is 8.22. The zero-order valence-corrected chi connectivity index (χ0v) is 17.6. The largest absolute Gasteiger partial charge is 0.288 e. The molecule has 2 heterocycles. The lowest BCUT2D eigenvalue weighted by atomic mass is 10.1. The Morgan fingerprint density at radius 2 is 1.75 bits per heavy atom. The second-order valence-electron chi connectivity index (χ2n) is 7.34. The van der Waals surface area contributed by atoms with Crippen LogP contribution in [0, 0.1) is 17.1 Å². The van der Waals surface area contributed by atoms with Gasteiger partial charge in [0.2, 0.25) is 0 Å². The van der Waals surface area contributed by atoms with Crippen LogP contribution < -0.4 is 5.56 Å². The Kier molecular flexibility index (Phi) is 5.10. The van der Waals surface area contributed by atoms with E-state index < -0.39 is 0 Å². The Morgan fingerprint density at radius 3 is 2.50 bits per heavy atom. The average molecular weight is 437 g/mol. The maximum absolute atomic E-state index is 13.8. The summed E-state index contributed by atoms with van der Waals surface area (Å²) in [5.74, 6) is 0.241. The van der Waals surface area contributed by atoms with Crippen molar-refractivity contribution in [2.24, 2.45) is 0 Å². The quantitative estimate of drug-likeness (QED) is 0.354. The minimum atomic E-state index is -0.326. The highest BCUT2D eigenvalue weighted by molar-refractivity contribution is 7.17. The number of halogens is 1. The first kappa shape index (κ1) is 19.9. The third kappa shape index (κ3) is 3.59. The fourth-order valence-corrected chi connectivity index (χ4v) is 4.68. The van der Waals surface area contributed by atoms with Gasteiger partial charge in [0.15, 0.2) is 0 Å². The summed E-state index contributed by atoms with van der Waals surface area (Å²) < 4.78 is 15.1. The number of benzene rings is 3. The molecule has 0 fully saturated rings. The number of nitriles is 1. The van der Waals surface area contributed by atoms with E-state index in [-0.39, 0.29) is 17.9 Å². The molecule has 5 rings (SSSR count). The van der Waals surface area contributed by atoms with Crippen molar-refractivity contribution >= 4 is 21.6 Å². The van der Waals surface area contributed by atoms with Gasteiger partial charge >= 0.3 is 0 Å². The highest BCUT2D eigenvalue weighted by Gasteiger charge is 2.18. The van der Waals surface area contributed by atoms with Gasteiger partial charge in [-0.05, 0) is 35.4 Å². The molecule has 3 aromatic carbocycles. The number of fused-ring (bicyclic) bond motifs is 1. The van der Waals surface area contributed by atoms with Gasteiger partial charge in [-0.3, -0.25) is 9.36 Å². The Morgan fingerprint density at radius 1 is 0.969 bits per heavy atom. The van der Waals surface area contributed by atoms with Crippen molar-refractivity contribution in [3.05, 3.63) is 112 Å².